The average Bonchev–Trinajstić information content (AvgIpc) is 3.19. The maximum atomic E-state index is 12.0. The fourth-order valence-electron chi connectivity index (χ4n) is 2.54. The molecule has 0 radical (unpaired) electrons. The van der Waals surface area contributed by atoms with Crippen LogP contribution in [0.1, 0.15) is 36.8 Å². The van der Waals surface area contributed by atoms with Gasteiger partial charge in [-0.15, -0.1) is 0 Å². The van der Waals surface area contributed by atoms with Gasteiger partial charge in [0.1, 0.15) is 0 Å². The van der Waals surface area contributed by atoms with E-state index in [0.717, 1.165) is 32.5 Å². The average molecular weight is 260 g/mol. The molecule has 1 amide bonds. The Labute approximate surface area is 115 Å². The van der Waals surface area contributed by atoms with Crippen molar-refractivity contribution >= 4 is 5.91 Å². The van der Waals surface area contributed by atoms with E-state index in [4.69, 9.17) is 0 Å². The van der Waals surface area contributed by atoms with Crippen molar-refractivity contribution in [2.75, 3.05) is 19.6 Å². The Morgan fingerprint density at radius 1 is 1.26 bits per heavy atom. The highest BCUT2D eigenvalue weighted by Crippen LogP contribution is 2.48. The summed E-state index contributed by atoms with van der Waals surface area (Å²) < 4.78 is 0. The van der Waals surface area contributed by atoms with E-state index in [1.165, 1.54) is 11.1 Å². The van der Waals surface area contributed by atoms with Crippen LogP contribution >= 0.6 is 0 Å². The third-order valence-corrected chi connectivity index (χ3v) is 3.74. The van der Waals surface area contributed by atoms with Crippen LogP contribution in [0.3, 0.4) is 0 Å². The zero-order valence-electron chi connectivity index (χ0n) is 11.9. The summed E-state index contributed by atoms with van der Waals surface area (Å²) in [5.74, 6) is 0.837. The van der Waals surface area contributed by atoms with Crippen LogP contribution < -0.4 is 10.6 Å². The summed E-state index contributed by atoms with van der Waals surface area (Å²) in [5.41, 5.74) is 2.64. The fraction of sp³-hybridized carbons (Fsp3) is 0.562. The van der Waals surface area contributed by atoms with Gasteiger partial charge in [-0.3, -0.25) is 4.79 Å². The van der Waals surface area contributed by atoms with Crippen molar-refractivity contribution in [3.05, 3.63) is 35.4 Å². The molecule has 2 N–H and O–H groups in total. The summed E-state index contributed by atoms with van der Waals surface area (Å²) in [6, 6.07) is 8.38. The maximum Gasteiger partial charge on any atom is 0.223 e. The number of nitrogens with one attached hydrogen (secondary N) is 2. The summed E-state index contributed by atoms with van der Waals surface area (Å²) in [7, 11) is 0. The second-order valence-corrected chi connectivity index (χ2v) is 5.35. The number of aryl methyl sites for hydroxylation is 1. The topological polar surface area (TPSA) is 41.1 Å². The SMILES string of the molecule is CCCNCCNC(=O)C1CC1c1ccccc1C. The minimum atomic E-state index is 0.187. The molecular weight excluding hydrogens is 236 g/mol. The predicted molar refractivity (Wildman–Crippen MR) is 78.2 cm³/mol. The Hall–Kier alpha value is -1.35. The van der Waals surface area contributed by atoms with Crippen LogP contribution in [0.25, 0.3) is 0 Å². The first-order valence-electron chi connectivity index (χ1n) is 7.28. The van der Waals surface area contributed by atoms with Crippen LogP contribution in [0.15, 0.2) is 24.3 Å². The minimum Gasteiger partial charge on any atom is -0.355 e. The Morgan fingerprint density at radius 2 is 2.05 bits per heavy atom. The van der Waals surface area contributed by atoms with E-state index < -0.39 is 0 Å². The van der Waals surface area contributed by atoms with Crippen LogP contribution in [0.2, 0.25) is 0 Å². The van der Waals surface area contributed by atoms with E-state index in [1.54, 1.807) is 0 Å². The Morgan fingerprint density at radius 3 is 2.79 bits per heavy atom. The molecule has 3 nitrogen and oxygen atoms in total. The molecule has 0 aliphatic heterocycles. The summed E-state index contributed by atoms with van der Waals surface area (Å²) in [4.78, 5) is 12.0. The molecule has 0 saturated heterocycles. The molecule has 0 aromatic heterocycles. The molecule has 2 atom stereocenters. The highest BCUT2D eigenvalue weighted by molar-refractivity contribution is 5.83. The van der Waals surface area contributed by atoms with Gasteiger partial charge in [-0.2, -0.15) is 0 Å². The number of carbonyl (C=O) groups excluding carboxylic acids is 1. The van der Waals surface area contributed by atoms with Gasteiger partial charge in [0, 0.05) is 19.0 Å². The molecule has 1 aliphatic carbocycles. The van der Waals surface area contributed by atoms with Crippen LogP contribution in [0.4, 0.5) is 0 Å². The Kier molecular flexibility index (Phi) is 4.97. The number of carbonyl (C=O) groups is 1. The van der Waals surface area contributed by atoms with E-state index in [2.05, 4.69) is 48.7 Å². The Balaban J connectivity index is 1.73. The van der Waals surface area contributed by atoms with Gasteiger partial charge in [-0.05, 0) is 43.4 Å². The number of amides is 1. The van der Waals surface area contributed by atoms with Gasteiger partial charge in [0.05, 0.1) is 0 Å². The standard InChI is InChI=1S/C16H24N2O/c1-3-8-17-9-10-18-16(19)15-11-14(15)13-7-5-4-6-12(13)2/h4-7,14-15,17H,3,8-11H2,1-2H3,(H,18,19). The number of hydrogen-bond donors (Lipinski definition) is 2. The fourth-order valence-corrected chi connectivity index (χ4v) is 2.54. The number of benzene rings is 1. The van der Waals surface area contributed by atoms with Crippen LogP contribution in [0, 0.1) is 12.8 Å². The van der Waals surface area contributed by atoms with Crippen molar-refractivity contribution in [2.24, 2.45) is 5.92 Å². The van der Waals surface area contributed by atoms with Crippen molar-refractivity contribution in [1.29, 1.82) is 0 Å². The predicted octanol–water partition coefficient (Wildman–Crippen LogP) is 2.21. The monoisotopic (exact) mass is 260 g/mol. The van der Waals surface area contributed by atoms with Gasteiger partial charge in [0.25, 0.3) is 0 Å². The zero-order valence-corrected chi connectivity index (χ0v) is 11.9. The minimum absolute atomic E-state index is 0.187. The van der Waals surface area contributed by atoms with Crippen LogP contribution in [-0.2, 0) is 4.79 Å². The molecule has 1 aliphatic rings. The van der Waals surface area contributed by atoms with Gasteiger partial charge < -0.3 is 10.6 Å². The van der Waals surface area contributed by atoms with E-state index in [-0.39, 0.29) is 11.8 Å². The van der Waals surface area contributed by atoms with Crippen molar-refractivity contribution in [3.63, 3.8) is 0 Å². The molecule has 2 rings (SSSR count). The molecule has 1 saturated carbocycles. The van der Waals surface area contributed by atoms with Gasteiger partial charge in [-0.25, -0.2) is 0 Å². The molecule has 0 spiro atoms. The second-order valence-electron chi connectivity index (χ2n) is 5.35. The van der Waals surface area contributed by atoms with Gasteiger partial charge in [-0.1, -0.05) is 31.2 Å². The molecule has 2 unspecified atom stereocenters. The lowest BCUT2D eigenvalue weighted by atomic mass is 10.0. The van der Waals surface area contributed by atoms with E-state index in [1.807, 2.05) is 0 Å². The first-order valence-corrected chi connectivity index (χ1v) is 7.28. The lowest BCUT2D eigenvalue weighted by Gasteiger charge is -2.07. The maximum absolute atomic E-state index is 12.0. The third-order valence-electron chi connectivity index (χ3n) is 3.74. The summed E-state index contributed by atoms with van der Waals surface area (Å²) in [5, 5.41) is 6.31. The second kappa shape index (κ2) is 6.71. The highest BCUT2D eigenvalue weighted by Gasteiger charge is 2.44. The molecular formula is C16H24N2O. The molecule has 0 bridgehead atoms. The first-order chi connectivity index (χ1) is 9.24. The lowest BCUT2D eigenvalue weighted by molar-refractivity contribution is -0.122. The van der Waals surface area contributed by atoms with Crippen LogP contribution in [-0.4, -0.2) is 25.5 Å². The quantitative estimate of drug-likeness (QED) is 0.738. The molecule has 104 valence electrons. The van der Waals surface area contributed by atoms with E-state index >= 15 is 0 Å². The van der Waals surface area contributed by atoms with E-state index in [0.29, 0.717) is 5.92 Å². The third kappa shape index (κ3) is 3.80. The first kappa shape index (κ1) is 14.1. The van der Waals surface area contributed by atoms with Gasteiger partial charge in [0.15, 0.2) is 0 Å². The van der Waals surface area contributed by atoms with E-state index in [9.17, 15) is 4.79 Å². The van der Waals surface area contributed by atoms with Crippen molar-refractivity contribution in [2.45, 2.75) is 32.6 Å². The highest BCUT2D eigenvalue weighted by atomic mass is 16.2. The largest absolute Gasteiger partial charge is 0.355 e. The molecule has 3 heteroatoms. The Bertz CT molecular complexity index is 431. The summed E-state index contributed by atoms with van der Waals surface area (Å²) >= 11 is 0. The van der Waals surface area contributed by atoms with Gasteiger partial charge in [0.2, 0.25) is 5.91 Å². The van der Waals surface area contributed by atoms with Gasteiger partial charge >= 0.3 is 0 Å². The lowest BCUT2D eigenvalue weighted by Crippen LogP contribution is -2.33. The van der Waals surface area contributed by atoms with Crippen molar-refractivity contribution in [1.82, 2.24) is 10.6 Å². The summed E-state index contributed by atoms with van der Waals surface area (Å²) in [6.07, 6.45) is 2.13. The zero-order chi connectivity index (χ0) is 13.7. The normalized spacial score (nSPS) is 21.2. The number of rotatable bonds is 7. The number of hydrogen-bond acceptors (Lipinski definition) is 2. The molecule has 1 aromatic rings. The molecule has 19 heavy (non-hydrogen) atoms. The van der Waals surface area contributed by atoms with Crippen LogP contribution in [0.5, 0.6) is 0 Å². The molecule has 1 aromatic carbocycles. The summed E-state index contributed by atoms with van der Waals surface area (Å²) in [6.45, 7) is 6.88. The molecule has 1 fully saturated rings. The molecule has 0 heterocycles. The van der Waals surface area contributed by atoms with Crippen molar-refractivity contribution < 1.29 is 4.79 Å². The van der Waals surface area contributed by atoms with Crippen molar-refractivity contribution in [3.8, 4) is 0 Å². The smallest absolute Gasteiger partial charge is 0.223 e.